The van der Waals surface area contributed by atoms with Crippen LogP contribution in [0, 0.1) is 0 Å². The van der Waals surface area contributed by atoms with Gasteiger partial charge in [0, 0.05) is 35.1 Å². The zero-order chi connectivity index (χ0) is 17.2. The van der Waals surface area contributed by atoms with Crippen molar-refractivity contribution in [3.05, 3.63) is 28.8 Å². The van der Waals surface area contributed by atoms with E-state index in [0.29, 0.717) is 25.1 Å². The molecule has 2 atom stereocenters. The number of nitrogens with one attached hydrogen (secondary N) is 2. The third kappa shape index (κ3) is 1.99. The third-order valence-electron chi connectivity index (χ3n) is 5.97. The van der Waals surface area contributed by atoms with Gasteiger partial charge in [0.05, 0.1) is 13.2 Å². The van der Waals surface area contributed by atoms with Crippen LogP contribution in [0.5, 0.6) is 5.75 Å². The second-order valence-electron chi connectivity index (χ2n) is 7.36. The van der Waals surface area contributed by atoms with Crippen molar-refractivity contribution in [1.29, 1.82) is 0 Å². The molecular weight excluding hydrogens is 322 g/mol. The number of carbonyl (C=O) groups excluding carboxylic acids is 3. The molecule has 4 aliphatic heterocycles. The fraction of sp³-hybridized carbons (Fsp3) is 0.500. The number of carbonyl (C=O) groups is 3. The number of benzene rings is 1. The van der Waals surface area contributed by atoms with Gasteiger partial charge in [-0.2, -0.15) is 0 Å². The van der Waals surface area contributed by atoms with Gasteiger partial charge in [0.15, 0.2) is 0 Å². The van der Waals surface area contributed by atoms with Gasteiger partial charge < -0.3 is 15.0 Å². The van der Waals surface area contributed by atoms with E-state index < -0.39 is 6.04 Å². The molecule has 0 radical (unpaired) electrons. The SMILES string of the molecule is O=C1CCC(N2Cc3c(ccc4c3OCC43CCNC3)C2=O)C(=O)N1. The second-order valence-corrected chi connectivity index (χ2v) is 7.36. The molecule has 4 heterocycles. The molecule has 1 spiro atoms. The Morgan fingerprint density at radius 2 is 2.12 bits per heavy atom. The van der Waals surface area contributed by atoms with E-state index in [1.54, 1.807) is 4.90 Å². The van der Waals surface area contributed by atoms with Gasteiger partial charge >= 0.3 is 0 Å². The molecule has 4 aliphatic rings. The van der Waals surface area contributed by atoms with E-state index in [4.69, 9.17) is 4.74 Å². The van der Waals surface area contributed by atoms with Crippen molar-refractivity contribution in [3.8, 4) is 5.75 Å². The van der Waals surface area contributed by atoms with Gasteiger partial charge in [0.2, 0.25) is 11.8 Å². The molecule has 0 saturated carbocycles. The van der Waals surface area contributed by atoms with Crippen molar-refractivity contribution in [2.24, 2.45) is 0 Å². The van der Waals surface area contributed by atoms with Crippen molar-refractivity contribution in [1.82, 2.24) is 15.5 Å². The molecule has 1 aromatic rings. The molecule has 25 heavy (non-hydrogen) atoms. The summed E-state index contributed by atoms with van der Waals surface area (Å²) in [4.78, 5) is 37.9. The smallest absolute Gasteiger partial charge is 0.255 e. The van der Waals surface area contributed by atoms with Crippen molar-refractivity contribution >= 4 is 17.7 Å². The summed E-state index contributed by atoms with van der Waals surface area (Å²) >= 11 is 0. The lowest BCUT2D eigenvalue weighted by Gasteiger charge is -2.29. The summed E-state index contributed by atoms with van der Waals surface area (Å²) in [6.45, 7) is 2.87. The number of ether oxygens (including phenoxy) is 1. The largest absolute Gasteiger partial charge is 0.492 e. The van der Waals surface area contributed by atoms with E-state index >= 15 is 0 Å². The normalized spacial score (nSPS) is 30.5. The van der Waals surface area contributed by atoms with Crippen LogP contribution in [0.2, 0.25) is 0 Å². The zero-order valence-corrected chi connectivity index (χ0v) is 13.8. The minimum Gasteiger partial charge on any atom is -0.492 e. The Balaban J connectivity index is 1.50. The number of fused-ring (bicyclic) bond motifs is 4. The average Bonchev–Trinajstić information content (AvgIpc) is 3.29. The van der Waals surface area contributed by atoms with Crippen LogP contribution >= 0.6 is 0 Å². The standard InChI is InChI=1S/C18H19N3O4/c22-14-4-3-13(16(23)20-14)21-7-11-10(17(21)24)1-2-12-15(11)25-9-18(12)5-6-19-8-18/h1-2,13,19H,3-9H2,(H,20,22,23). The van der Waals surface area contributed by atoms with E-state index in [1.165, 1.54) is 5.56 Å². The molecule has 5 rings (SSSR count). The first-order valence-corrected chi connectivity index (χ1v) is 8.74. The van der Waals surface area contributed by atoms with Gasteiger partial charge in [0.25, 0.3) is 5.91 Å². The first kappa shape index (κ1) is 14.9. The molecule has 2 saturated heterocycles. The molecule has 2 N–H and O–H groups in total. The predicted molar refractivity (Wildman–Crippen MR) is 87.1 cm³/mol. The fourth-order valence-electron chi connectivity index (χ4n) is 4.58. The topological polar surface area (TPSA) is 87.7 Å². The number of amides is 3. The van der Waals surface area contributed by atoms with Gasteiger partial charge in [0.1, 0.15) is 11.8 Å². The highest BCUT2D eigenvalue weighted by atomic mass is 16.5. The number of imide groups is 1. The maximum Gasteiger partial charge on any atom is 0.255 e. The summed E-state index contributed by atoms with van der Waals surface area (Å²) in [6, 6.07) is 3.30. The summed E-state index contributed by atoms with van der Waals surface area (Å²) in [5.41, 5.74) is 2.69. The summed E-state index contributed by atoms with van der Waals surface area (Å²) in [5, 5.41) is 5.73. The van der Waals surface area contributed by atoms with E-state index in [0.717, 1.165) is 30.8 Å². The monoisotopic (exact) mass is 341 g/mol. The highest BCUT2D eigenvalue weighted by Crippen LogP contribution is 2.47. The predicted octanol–water partition coefficient (Wildman–Crippen LogP) is 0.0711. The minimum absolute atomic E-state index is 0.00939. The lowest BCUT2D eigenvalue weighted by Crippen LogP contribution is -2.52. The molecule has 7 heteroatoms. The van der Waals surface area contributed by atoms with Crippen molar-refractivity contribution in [2.75, 3.05) is 19.7 Å². The average molecular weight is 341 g/mol. The third-order valence-corrected chi connectivity index (χ3v) is 5.97. The number of hydrogen-bond acceptors (Lipinski definition) is 5. The molecule has 2 fully saturated rings. The minimum atomic E-state index is -0.586. The van der Waals surface area contributed by atoms with Crippen LogP contribution < -0.4 is 15.4 Å². The summed E-state index contributed by atoms with van der Waals surface area (Å²) in [6.07, 6.45) is 1.67. The van der Waals surface area contributed by atoms with Gasteiger partial charge in [-0.3, -0.25) is 19.7 Å². The van der Waals surface area contributed by atoms with Crippen LogP contribution in [-0.4, -0.2) is 48.4 Å². The second kappa shape index (κ2) is 5.05. The Bertz CT molecular complexity index is 813. The lowest BCUT2D eigenvalue weighted by molar-refractivity contribution is -0.136. The number of piperidine rings is 1. The van der Waals surface area contributed by atoms with Crippen LogP contribution in [0.1, 0.15) is 40.7 Å². The lowest BCUT2D eigenvalue weighted by atomic mass is 9.81. The molecule has 7 nitrogen and oxygen atoms in total. The molecule has 0 bridgehead atoms. The van der Waals surface area contributed by atoms with Crippen molar-refractivity contribution in [3.63, 3.8) is 0 Å². The summed E-state index contributed by atoms with van der Waals surface area (Å²) < 4.78 is 6.03. The fourth-order valence-corrected chi connectivity index (χ4v) is 4.58. The number of hydrogen-bond donors (Lipinski definition) is 2. The van der Waals surface area contributed by atoms with E-state index in [9.17, 15) is 14.4 Å². The van der Waals surface area contributed by atoms with Gasteiger partial charge in [-0.1, -0.05) is 6.07 Å². The molecule has 0 aliphatic carbocycles. The van der Waals surface area contributed by atoms with Crippen LogP contribution in [0.4, 0.5) is 0 Å². The molecule has 0 aromatic heterocycles. The summed E-state index contributed by atoms with van der Waals surface area (Å²) in [7, 11) is 0. The molecule has 3 amide bonds. The zero-order valence-electron chi connectivity index (χ0n) is 13.8. The van der Waals surface area contributed by atoms with Crippen LogP contribution in [0.3, 0.4) is 0 Å². The van der Waals surface area contributed by atoms with E-state index in [1.807, 2.05) is 12.1 Å². The maximum atomic E-state index is 12.8. The Kier molecular flexibility index (Phi) is 3.01. The van der Waals surface area contributed by atoms with Gasteiger partial charge in [-0.25, -0.2) is 0 Å². The Morgan fingerprint density at radius 1 is 1.24 bits per heavy atom. The summed E-state index contributed by atoms with van der Waals surface area (Å²) in [5.74, 6) is 0.0162. The number of nitrogens with zero attached hydrogens (tertiary/aromatic N) is 1. The maximum absolute atomic E-state index is 12.8. The quantitative estimate of drug-likeness (QED) is 0.706. The van der Waals surface area contributed by atoms with Gasteiger partial charge in [-0.05, 0) is 25.5 Å². The van der Waals surface area contributed by atoms with Crippen molar-refractivity contribution < 1.29 is 19.1 Å². The molecule has 2 unspecified atom stereocenters. The van der Waals surface area contributed by atoms with Crippen molar-refractivity contribution in [2.45, 2.75) is 37.3 Å². The number of rotatable bonds is 1. The molecular formula is C18H19N3O4. The van der Waals surface area contributed by atoms with Crippen LogP contribution in [-0.2, 0) is 21.5 Å². The molecule has 1 aromatic carbocycles. The van der Waals surface area contributed by atoms with E-state index in [-0.39, 0.29) is 29.6 Å². The van der Waals surface area contributed by atoms with Crippen LogP contribution in [0.25, 0.3) is 0 Å². The first-order valence-electron chi connectivity index (χ1n) is 8.74. The highest BCUT2D eigenvalue weighted by Gasteiger charge is 2.47. The van der Waals surface area contributed by atoms with Crippen LogP contribution in [0.15, 0.2) is 12.1 Å². The first-order chi connectivity index (χ1) is 12.1. The Hall–Kier alpha value is -2.41. The van der Waals surface area contributed by atoms with E-state index in [2.05, 4.69) is 10.6 Å². The Labute approximate surface area is 144 Å². The molecule has 130 valence electrons. The Morgan fingerprint density at radius 3 is 2.88 bits per heavy atom. The van der Waals surface area contributed by atoms with Gasteiger partial charge in [-0.15, -0.1) is 0 Å². The highest BCUT2D eigenvalue weighted by molar-refractivity contribution is 6.05.